The number of rotatable bonds is 6. The summed E-state index contributed by atoms with van der Waals surface area (Å²) in [7, 11) is 0. The fourth-order valence-electron chi connectivity index (χ4n) is 3.96. The molecular weight excluding hydrogens is 456 g/mol. The minimum Gasteiger partial charge on any atom is -0.454 e. The summed E-state index contributed by atoms with van der Waals surface area (Å²) in [6.07, 6.45) is 4.48. The van der Waals surface area contributed by atoms with E-state index in [0.717, 1.165) is 28.1 Å². The number of carbonyl (C=O) groups excluding carboxylic acids is 1. The molecule has 34 heavy (non-hydrogen) atoms. The third-order valence-electron chi connectivity index (χ3n) is 5.73. The smallest absolute Gasteiger partial charge is 0.231 e. The van der Waals surface area contributed by atoms with Crippen LogP contribution in [0.15, 0.2) is 60.9 Å². The van der Waals surface area contributed by atoms with Gasteiger partial charge in [-0.05, 0) is 35.9 Å². The van der Waals surface area contributed by atoms with Gasteiger partial charge in [-0.2, -0.15) is 5.10 Å². The first-order chi connectivity index (χ1) is 16.6. The number of fused-ring (bicyclic) bond motifs is 4. The number of halogens is 1. The number of aromatic nitrogens is 5. The lowest BCUT2D eigenvalue weighted by atomic mass is 10.1. The largest absolute Gasteiger partial charge is 0.454 e. The van der Waals surface area contributed by atoms with Crippen LogP contribution in [0.3, 0.4) is 0 Å². The Hall–Kier alpha value is -4.11. The van der Waals surface area contributed by atoms with Crippen molar-refractivity contribution in [3.05, 3.63) is 77.3 Å². The molecule has 3 aromatic heterocycles. The number of nitrogens with zero attached hydrogens (tertiary/aromatic N) is 5. The quantitative estimate of drug-likeness (QED) is 0.403. The SMILES string of the molecule is O=C(CCc1nnc2c3cc(-c4ccc(Cl)cc4)nn3ccn12)NCc1ccc2c(c1)OCO2. The number of ether oxygens (including phenoxy) is 2. The van der Waals surface area contributed by atoms with Gasteiger partial charge in [0.2, 0.25) is 12.7 Å². The Morgan fingerprint density at radius 3 is 2.76 bits per heavy atom. The van der Waals surface area contributed by atoms with Gasteiger partial charge in [0.15, 0.2) is 17.1 Å². The highest BCUT2D eigenvalue weighted by atomic mass is 35.5. The van der Waals surface area contributed by atoms with E-state index < -0.39 is 0 Å². The predicted octanol–water partition coefficient (Wildman–Crippen LogP) is 3.68. The van der Waals surface area contributed by atoms with Crippen molar-refractivity contribution < 1.29 is 14.3 Å². The van der Waals surface area contributed by atoms with Gasteiger partial charge in [-0.3, -0.25) is 9.20 Å². The van der Waals surface area contributed by atoms with E-state index in [1.807, 2.05) is 65.3 Å². The molecule has 10 heteroatoms. The molecular formula is C24H19ClN6O3. The Morgan fingerprint density at radius 2 is 1.88 bits per heavy atom. The Morgan fingerprint density at radius 1 is 1.03 bits per heavy atom. The summed E-state index contributed by atoms with van der Waals surface area (Å²) in [6.45, 7) is 0.644. The summed E-state index contributed by atoms with van der Waals surface area (Å²) in [4.78, 5) is 12.4. The maximum absolute atomic E-state index is 12.4. The van der Waals surface area contributed by atoms with E-state index in [9.17, 15) is 4.79 Å². The number of hydrogen-bond donors (Lipinski definition) is 1. The summed E-state index contributed by atoms with van der Waals surface area (Å²) in [5, 5.41) is 16.9. The van der Waals surface area contributed by atoms with Crippen LogP contribution < -0.4 is 14.8 Å². The molecule has 0 radical (unpaired) electrons. The fourth-order valence-corrected chi connectivity index (χ4v) is 4.08. The summed E-state index contributed by atoms with van der Waals surface area (Å²) < 4.78 is 14.4. The molecule has 0 atom stereocenters. The van der Waals surface area contributed by atoms with Crippen LogP contribution in [-0.2, 0) is 17.8 Å². The van der Waals surface area contributed by atoms with E-state index in [4.69, 9.17) is 21.1 Å². The number of hydrogen-bond acceptors (Lipinski definition) is 6. The Labute approximate surface area is 198 Å². The zero-order valence-corrected chi connectivity index (χ0v) is 18.7. The number of carbonyl (C=O) groups is 1. The van der Waals surface area contributed by atoms with Crippen molar-refractivity contribution in [2.24, 2.45) is 0 Å². The zero-order chi connectivity index (χ0) is 23.1. The standard InChI is InChI=1S/C24H19ClN6O3/c25-17-4-2-16(3-5-17)18-12-19-24-28-27-22(30(24)9-10-31(19)29-18)7-8-23(32)26-13-15-1-6-20-21(11-15)34-14-33-20/h1-6,9-12H,7-8,13-14H2,(H,26,32). The summed E-state index contributed by atoms with van der Waals surface area (Å²) >= 11 is 6.00. The highest BCUT2D eigenvalue weighted by Crippen LogP contribution is 2.32. The average molecular weight is 475 g/mol. The van der Waals surface area contributed by atoms with Crippen LogP contribution in [-0.4, -0.2) is 36.9 Å². The van der Waals surface area contributed by atoms with E-state index in [1.54, 1.807) is 4.52 Å². The van der Waals surface area contributed by atoms with Gasteiger partial charge in [0.25, 0.3) is 0 Å². The minimum atomic E-state index is -0.0649. The first kappa shape index (κ1) is 20.5. The van der Waals surface area contributed by atoms with Crippen LogP contribution in [0.1, 0.15) is 17.8 Å². The van der Waals surface area contributed by atoms with E-state index in [2.05, 4.69) is 20.6 Å². The van der Waals surface area contributed by atoms with Crippen LogP contribution in [0.5, 0.6) is 11.5 Å². The van der Waals surface area contributed by atoms with Crippen molar-refractivity contribution in [3.8, 4) is 22.8 Å². The maximum atomic E-state index is 12.4. The molecule has 1 N–H and O–H groups in total. The van der Waals surface area contributed by atoms with Crippen LogP contribution in [0, 0.1) is 0 Å². The third kappa shape index (κ3) is 3.80. The van der Waals surface area contributed by atoms with Crippen molar-refractivity contribution in [3.63, 3.8) is 0 Å². The number of nitrogens with one attached hydrogen (secondary N) is 1. The van der Waals surface area contributed by atoms with Crippen molar-refractivity contribution in [2.75, 3.05) is 6.79 Å². The van der Waals surface area contributed by atoms with Gasteiger partial charge in [0.05, 0.1) is 5.69 Å². The van der Waals surface area contributed by atoms with Gasteiger partial charge >= 0.3 is 0 Å². The normalized spacial score (nSPS) is 12.5. The second-order valence-electron chi connectivity index (χ2n) is 7.94. The summed E-state index contributed by atoms with van der Waals surface area (Å²) in [6, 6.07) is 15.1. The van der Waals surface area contributed by atoms with Crippen molar-refractivity contribution >= 4 is 28.7 Å². The molecule has 0 bridgehead atoms. The molecule has 1 amide bonds. The van der Waals surface area contributed by atoms with Crippen LogP contribution >= 0.6 is 11.6 Å². The van der Waals surface area contributed by atoms with Gasteiger partial charge in [0.1, 0.15) is 11.3 Å². The monoisotopic (exact) mass is 474 g/mol. The molecule has 0 aliphatic carbocycles. The lowest BCUT2D eigenvalue weighted by Gasteiger charge is -2.06. The second kappa shape index (κ2) is 8.35. The Bertz CT molecular complexity index is 1530. The number of benzene rings is 2. The van der Waals surface area contributed by atoms with Crippen LogP contribution in [0.4, 0.5) is 0 Å². The number of amides is 1. The van der Waals surface area contributed by atoms with Gasteiger partial charge < -0.3 is 14.8 Å². The topological polar surface area (TPSA) is 95.1 Å². The first-order valence-electron chi connectivity index (χ1n) is 10.8. The Balaban J connectivity index is 1.15. The predicted molar refractivity (Wildman–Crippen MR) is 125 cm³/mol. The van der Waals surface area contributed by atoms with Crippen molar-refractivity contribution in [1.82, 2.24) is 29.5 Å². The lowest BCUT2D eigenvalue weighted by Crippen LogP contribution is -2.23. The molecule has 1 aliphatic rings. The van der Waals surface area contributed by atoms with E-state index in [0.29, 0.717) is 41.6 Å². The highest BCUT2D eigenvalue weighted by molar-refractivity contribution is 6.30. The van der Waals surface area contributed by atoms with Gasteiger partial charge in [-0.15, -0.1) is 10.2 Å². The first-order valence-corrected chi connectivity index (χ1v) is 11.1. The van der Waals surface area contributed by atoms with Crippen LogP contribution in [0.2, 0.25) is 5.02 Å². The van der Waals surface area contributed by atoms with Gasteiger partial charge in [-0.25, -0.2) is 4.52 Å². The average Bonchev–Trinajstić information content (AvgIpc) is 3.59. The molecule has 0 spiro atoms. The minimum absolute atomic E-state index is 0.0649. The maximum Gasteiger partial charge on any atom is 0.231 e. The summed E-state index contributed by atoms with van der Waals surface area (Å²) in [5.41, 5.74) is 4.25. The van der Waals surface area contributed by atoms with E-state index in [1.165, 1.54) is 0 Å². The molecule has 6 rings (SSSR count). The van der Waals surface area contributed by atoms with E-state index in [-0.39, 0.29) is 12.7 Å². The lowest BCUT2D eigenvalue weighted by molar-refractivity contribution is -0.121. The molecule has 9 nitrogen and oxygen atoms in total. The van der Waals surface area contributed by atoms with Gasteiger partial charge in [-0.1, -0.05) is 29.8 Å². The van der Waals surface area contributed by atoms with Crippen molar-refractivity contribution in [2.45, 2.75) is 19.4 Å². The third-order valence-corrected chi connectivity index (χ3v) is 5.98. The van der Waals surface area contributed by atoms with Crippen LogP contribution in [0.25, 0.3) is 22.4 Å². The molecule has 0 saturated carbocycles. The molecule has 1 aliphatic heterocycles. The number of aryl methyl sites for hydroxylation is 1. The molecule has 2 aromatic carbocycles. The molecule has 170 valence electrons. The molecule has 0 unspecified atom stereocenters. The zero-order valence-electron chi connectivity index (χ0n) is 17.9. The summed E-state index contributed by atoms with van der Waals surface area (Å²) in [5.74, 6) is 2.07. The molecule has 5 aromatic rings. The van der Waals surface area contributed by atoms with Crippen molar-refractivity contribution in [1.29, 1.82) is 0 Å². The van der Waals surface area contributed by atoms with Gasteiger partial charge in [0, 0.05) is 42.4 Å². The van der Waals surface area contributed by atoms with E-state index >= 15 is 0 Å². The molecule has 0 fully saturated rings. The molecule has 0 saturated heterocycles. The fraction of sp³-hybridized carbons (Fsp3) is 0.167. The molecule has 4 heterocycles. The second-order valence-corrected chi connectivity index (χ2v) is 8.38. The highest BCUT2D eigenvalue weighted by Gasteiger charge is 2.15. The Kier molecular flexibility index (Phi) is 5.03.